The molecule has 6 nitrogen and oxygen atoms in total. The SMILES string of the molecule is CC/C=C\C/C=C\C/C=C\CC(=O)OCC(COC(=O)CCCCCCCCCCCCCCCCCCC)OC(=O)CCCCCCC/C=C\CCCCC. The molecule has 0 N–H and O–H groups in total. The molecule has 0 fully saturated rings. The Morgan fingerprint density at radius 3 is 1.27 bits per heavy atom. The maximum Gasteiger partial charge on any atom is 0.309 e. The molecule has 0 rings (SSSR count). The third-order valence-corrected chi connectivity index (χ3v) is 10.1. The predicted molar refractivity (Wildman–Crippen MR) is 238 cm³/mol. The molecule has 0 aromatic carbocycles. The van der Waals surface area contributed by atoms with Crippen LogP contribution in [0.1, 0.15) is 233 Å². The van der Waals surface area contributed by atoms with Crippen molar-refractivity contribution in [2.45, 2.75) is 239 Å². The molecule has 0 aromatic heterocycles. The summed E-state index contributed by atoms with van der Waals surface area (Å²) < 4.78 is 16.6. The van der Waals surface area contributed by atoms with Crippen LogP contribution < -0.4 is 0 Å². The second kappa shape index (κ2) is 45.1. The number of carbonyl (C=O) groups excluding carboxylic acids is 3. The first-order valence-electron chi connectivity index (χ1n) is 23.6. The van der Waals surface area contributed by atoms with Crippen LogP contribution >= 0.6 is 0 Å². The number of ether oxygens (including phenoxy) is 3. The molecule has 0 aliphatic carbocycles. The van der Waals surface area contributed by atoms with Gasteiger partial charge in [-0.25, -0.2) is 0 Å². The highest BCUT2D eigenvalue weighted by molar-refractivity contribution is 5.72. The summed E-state index contributed by atoms with van der Waals surface area (Å²) >= 11 is 0. The minimum atomic E-state index is -0.807. The van der Waals surface area contributed by atoms with E-state index in [1.54, 1.807) is 6.08 Å². The lowest BCUT2D eigenvalue weighted by Crippen LogP contribution is -2.30. The van der Waals surface area contributed by atoms with Gasteiger partial charge in [-0.2, -0.15) is 0 Å². The molecule has 0 saturated heterocycles. The van der Waals surface area contributed by atoms with Crippen molar-refractivity contribution in [2.24, 2.45) is 0 Å². The lowest BCUT2D eigenvalue weighted by atomic mass is 10.0. The van der Waals surface area contributed by atoms with E-state index in [4.69, 9.17) is 14.2 Å². The van der Waals surface area contributed by atoms with Crippen LogP contribution in [0.4, 0.5) is 0 Å². The summed E-state index contributed by atoms with van der Waals surface area (Å²) in [5, 5.41) is 0. The van der Waals surface area contributed by atoms with E-state index in [9.17, 15) is 14.4 Å². The van der Waals surface area contributed by atoms with Crippen molar-refractivity contribution >= 4 is 17.9 Å². The first-order chi connectivity index (χ1) is 27.5. The van der Waals surface area contributed by atoms with Gasteiger partial charge in [-0.05, 0) is 57.8 Å². The Balaban J connectivity index is 4.35. The summed E-state index contributed by atoms with van der Waals surface area (Å²) in [5.41, 5.74) is 0. The number of hydrogen-bond acceptors (Lipinski definition) is 6. The van der Waals surface area contributed by atoms with Gasteiger partial charge in [0.2, 0.25) is 0 Å². The fraction of sp³-hybridized carbons (Fsp3) is 0.780. The normalized spacial score (nSPS) is 12.4. The average molecular weight is 785 g/mol. The fourth-order valence-corrected chi connectivity index (χ4v) is 6.56. The fourth-order valence-electron chi connectivity index (χ4n) is 6.56. The van der Waals surface area contributed by atoms with Gasteiger partial charge in [-0.1, -0.05) is 204 Å². The molecule has 1 atom stereocenters. The van der Waals surface area contributed by atoms with E-state index in [0.29, 0.717) is 12.8 Å². The highest BCUT2D eigenvalue weighted by Gasteiger charge is 2.19. The Kier molecular flexibility index (Phi) is 43.0. The standard InChI is InChI=1S/C50H88O6/c1-4-7-10-13-16-19-21-23-24-25-26-27-29-31-34-37-40-43-49(52)55-46-47(45-54-48(51)42-39-36-33-30-18-15-12-9-6-3)56-50(53)44-41-38-35-32-28-22-20-17-14-11-8-5-2/h9,12,17-18,20,30,36,39,47H,4-8,10-11,13-16,19,21-29,31-35,37-38,40-46H2,1-3H3/b12-9-,20-17-,30-18-,39-36-. The van der Waals surface area contributed by atoms with Crippen LogP contribution in [0.5, 0.6) is 0 Å². The average Bonchev–Trinajstić information content (AvgIpc) is 3.19. The number of esters is 3. The Hall–Kier alpha value is -2.63. The van der Waals surface area contributed by atoms with Crippen LogP contribution in [0.15, 0.2) is 48.6 Å². The van der Waals surface area contributed by atoms with Crippen LogP contribution in [-0.4, -0.2) is 37.2 Å². The summed E-state index contributed by atoms with van der Waals surface area (Å²) in [6, 6.07) is 0. The molecule has 0 radical (unpaired) electrons. The first kappa shape index (κ1) is 53.4. The monoisotopic (exact) mass is 785 g/mol. The third-order valence-electron chi connectivity index (χ3n) is 10.1. The minimum Gasteiger partial charge on any atom is -0.462 e. The van der Waals surface area contributed by atoms with Crippen molar-refractivity contribution in [1.29, 1.82) is 0 Å². The quantitative estimate of drug-likeness (QED) is 0.0265. The number of unbranched alkanes of at least 4 members (excludes halogenated alkanes) is 24. The van der Waals surface area contributed by atoms with Gasteiger partial charge < -0.3 is 14.2 Å². The number of allylic oxidation sites excluding steroid dienone is 7. The molecule has 0 bridgehead atoms. The van der Waals surface area contributed by atoms with Gasteiger partial charge in [-0.15, -0.1) is 0 Å². The Morgan fingerprint density at radius 1 is 0.393 bits per heavy atom. The van der Waals surface area contributed by atoms with E-state index in [1.807, 2.05) is 6.08 Å². The molecule has 0 aromatic rings. The second-order valence-corrected chi connectivity index (χ2v) is 15.7. The zero-order valence-electron chi connectivity index (χ0n) is 36.9. The molecule has 0 aliphatic heterocycles. The highest BCUT2D eigenvalue weighted by atomic mass is 16.6. The van der Waals surface area contributed by atoms with E-state index in [-0.39, 0.29) is 31.6 Å². The van der Waals surface area contributed by atoms with E-state index in [1.165, 1.54) is 122 Å². The number of carbonyl (C=O) groups is 3. The van der Waals surface area contributed by atoms with Gasteiger partial charge in [0.05, 0.1) is 6.42 Å². The highest BCUT2D eigenvalue weighted by Crippen LogP contribution is 2.15. The van der Waals surface area contributed by atoms with Gasteiger partial charge >= 0.3 is 17.9 Å². The van der Waals surface area contributed by atoms with Gasteiger partial charge in [0.1, 0.15) is 13.2 Å². The molecule has 6 heteroatoms. The van der Waals surface area contributed by atoms with E-state index in [2.05, 4.69) is 57.2 Å². The van der Waals surface area contributed by atoms with Crippen molar-refractivity contribution in [3.8, 4) is 0 Å². The lowest BCUT2D eigenvalue weighted by Gasteiger charge is -2.18. The molecule has 324 valence electrons. The summed E-state index contributed by atoms with van der Waals surface area (Å²) in [5.74, 6) is -1.04. The summed E-state index contributed by atoms with van der Waals surface area (Å²) in [6.45, 7) is 6.39. The summed E-state index contributed by atoms with van der Waals surface area (Å²) in [6.07, 6.45) is 52.8. The molecule has 0 amide bonds. The maximum atomic E-state index is 12.7. The number of rotatable bonds is 42. The maximum absolute atomic E-state index is 12.7. The largest absolute Gasteiger partial charge is 0.462 e. The smallest absolute Gasteiger partial charge is 0.309 e. The van der Waals surface area contributed by atoms with Gasteiger partial charge in [0, 0.05) is 12.8 Å². The second-order valence-electron chi connectivity index (χ2n) is 15.7. The lowest BCUT2D eigenvalue weighted by molar-refractivity contribution is -0.166. The van der Waals surface area contributed by atoms with Crippen molar-refractivity contribution in [3.05, 3.63) is 48.6 Å². The van der Waals surface area contributed by atoms with Crippen LogP contribution in [0, 0.1) is 0 Å². The van der Waals surface area contributed by atoms with Crippen molar-refractivity contribution < 1.29 is 28.6 Å². The molecule has 0 aliphatic rings. The minimum absolute atomic E-state index is 0.101. The third kappa shape index (κ3) is 42.5. The zero-order valence-corrected chi connectivity index (χ0v) is 36.9. The topological polar surface area (TPSA) is 78.9 Å². The van der Waals surface area contributed by atoms with Crippen LogP contribution in [-0.2, 0) is 28.6 Å². The van der Waals surface area contributed by atoms with Crippen LogP contribution in [0.3, 0.4) is 0 Å². The molecule has 1 unspecified atom stereocenters. The zero-order chi connectivity index (χ0) is 40.8. The summed E-state index contributed by atoms with van der Waals surface area (Å²) in [4.78, 5) is 37.6. The predicted octanol–water partition coefficient (Wildman–Crippen LogP) is 15.1. The van der Waals surface area contributed by atoms with Gasteiger partial charge in [0.25, 0.3) is 0 Å². The molecular weight excluding hydrogens is 697 g/mol. The molecular formula is C50H88O6. The van der Waals surface area contributed by atoms with Crippen molar-refractivity contribution in [1.82, 2.24) is 0 Å². The van der Waals surface area contributed by atoms with E-state index < -0.39 is 12.1 Å². The molecule has 56 heavy (non-hydrogen) atoms. The van der Waals surface area contributed by atoms with Crippen molar-refractivity contribution in [2.75, 3.05) is 13.2 Å². The Labute approximate surface area is 346 Å². The van der Waals surface area contributed by atoms with Crippen LogP contribution in [0.2, 0.25) is 0 Å². The molecule has 0 spiro atoms. The van der Waals surface area contributed by atoms with Gasteiger partial charge in [0.15, 0.2) is 6.10 Å². The van der Waals surface area contributed by atoms with E-state index >= 15 is 0 Å². The number of hydrogen-bond donors (Lipinski definition) is 0. The van der Waals surface area contributed by atoms with Gasteiger partial charge in [-0.3, -0.25) is 14.4 Å². The summed E-state index contributed by atoms with van der Waals surface area (Å²) in [7, 11) is 0. The first-order valence-corrected chi connectivity index (χ1v) is 23.6. The molecule has 0 heterocycles. The Bertz CT molecular complexity index is 996. The Morgan fingerprint density at radius 2 is 0.768 bits per heavy atom. The molecule has 0 saturated carbocycles. The van der Waals surface area contributed by atoms with E-state index in [0.717, 1.165) is 70.6 Å². The van der Waals surface area contributed by atoms with Crippen LogP contribution in [0.25, 0.3) is 0 Å². The van der Waals surface area contributed by atoms with Crippen molar-refractivity contribution in [3.63, 3.8) is 0 Å².